The number of para-hydroxylation sites is 1. The number of hydrogen-bond acceptors (Lipinski definition) is 4. The van der Waals surface area contributed by atoms with Gasteiger partial charge in [0.1, 0.15) is 5.75 Å². The summed E-state index contributed by atoms with van der Waals surface area (Å²) in [6.07, 6.45) is 1.84. The van der Waals surface area contributed by atoms with E-state index in [0.29, 0.717) is 23.1 Å². The van der Waals surface area contributed by atoms with Crippen LogP contribution in [0.3, 0.4) is 0 Å². The molecule has 0 aliphatic rings. The molecule has 2 aromatic heterocycles. The normalized spacial score (nSPS) is 11.6. The van der Waals surface area contributed by atoms with Crippen LogP contribution in [0.5, 0.6) is 5.75 Å². The number of aryl methyl sites for hydroxylation is 1. The minimum absolute atomic E-state index is 0.438. The molecule has 3 rings (SSSR count). The minimum Gasteiger partial charge on any atom is -0.493 e. The van der Waals surface area contributed by atoms with Gasteiger partial charge in [0, 0.05) is 23.5 Å². The molecule has 0 saturated carbocycles. The van der Waals surface area contributed by atoms with E-state index in [1.165, 1.54) is 11.4 Å². The van der Waals surface area contributed by atoms with Crippen LogP contribution >= 0.6 is 12.2 Å². The Bertz CT molecular complexity index is 1040. The van der Waals surface area contributed by atoms with E-state index in [4.69, 9.17) is 17.0 Å². The van der Waals surface area contributed by atoms with Crippen LogP contribution in [0.1, 0.15) is 37.7 Å². The summed E-state index contributed by atoms with van der Waals surface area (Å²) in [7, 11) is 0. The highest BCUT2D eigenvalue weighted by Gasteiger charge is 2.14. The average Bonchev–Trinajstić information content (AvgIpc) is 3.15. The zero-order valence-electron chi connectivity index (χ0n) is 17.1. The molecule has 0 aliphatic heterocycles. The van der Waals surface area contributed by atoms with Crippen molar-refractivity contribution in [2.75, 3.05) is 6.61 Å². The SMILES string of the molecule is CCOc1ccccc1-c1n[nH]c(=S)n1/N=C\c1cc(C)n(CC(C)C)c1C. The maximum absolute atomic E-state index is 5.74. The summed E-state index contributed by atoms with van der Waals surface area (Å²) in [4.78, 5) is 0. The lowest BCUT2D eigenvalue weighted by Gasteiger charge is -2.11. The Morgan fingerprint density at radius 1 is 1.29 bits per heavy atom. The Labute approximate surface area is 170 Å². The molecule has 7 heteroatoms. The highest BCUT2D eigenvalue weighted by molar-refractivity contribution is 7.71. The summed E-state index contributed by atoms with van der Waals surface area (Å²) in [5, 5.41) is 11.8. The van der Waals surface area contributed by atoms with Crippen molar-refractivity contribution in [3.63, 3.8) is 0 Å². The van der Waals surface area contributed by atoms with Crippen LogP contribution in [-0.4, -0.2) is 32.3 Å². The predicted molar refractivity (Wildman–Crippen MR) is 116 cm³/mol. The number of H-pyrrole nitrogens is 1. The number of nitrogens with zero attached hydrogens (tertiary/aromatic N) is 4. The van der Waals surface area contributed by atoms with E-state index in [-0.39, 0.29) is 0 Å². The zero-order chi connectivity index (χ0) is 20.3. The third-order valence-electron chi connectivity index (χ3n) is 4.55. The molecule has 28 heavy (non-hydrogen) atoms. The number of ether oxygens (including phenoxy) is 1. The number of rotatable bonds is 7. The van der Waals surface area contributed by atoms with Crippen molar-refractivity contribution in [1.29, 1.82) is 0 Å². The number of hydrogen-bond donors (Lipinski definition) is 1. The molecule has 0 atom stereocenters. The standard InChI is InChI=1S/C21H27N5OS/c1-6-27-19-10-8-7-9-18(19)20-23-24-21(28)26(20)22-12-17-11-15(4)25(16(17)5)13-14(2)3/h7-12,14H,6,13H2,1-5H3,(H,24,28)/b22-12-. The molecule has 148 valence electrons. The van der Waals surface area contributed by atoms with Gasteiger partial charge in [0.15, 0.2) is 5.82 Å². The van der Waals surface area contributed by atoms with Gasteiger partial charge >= 0.3 is 0 Å². The van der Waals surface area contributed by atoms with E-state index in [2.05, 4.69) is 53.6 Å². The number of benzene rings is 1. The highest BCUT2D eigenvalue weighted by Crippen LogP contribution is 2.28. The van der Waals surface area contributed by atoms with E-state index in [1.54, 1.807) is 4.68 Å². The number of aromatic amines is 1. The Morgan fingerprint density at radius 3 is 2.75 bits per heavy atom. The molecule has 0 amide bonds. The van der Waals surface area contributed by atoms with E-state index in [1.807, 2.05) is 37.4 Å². The Hall–Kier alpha value is -2.67. The van der Waals surface area contributed by atoms with E-state index in [0.717, 1.165) is 23.4 Å². The topological polar surface area (TPSA) is 60.1 Å². The quantitative estimate of drug-likeness (QED) is 0.453. The largest absolute Gasteiger partial charge is 0.493 e. The molecule has 2 heterocycles. The lowest BCUT2D eigenvalue weighted by Crippen LogP contribution is -2.08. The van der Waals surface area contributed by atoms with Crippen molar-refractivity contribution >= 4 is 18.4 Å². The van der Waals surface area contributed by atoms with E-state index >= 15 is 0 Å². The summed E-state index contributed by atoms with van der Waals surface area (Å²) in [6, 6.07) is 9.91. The van der Waals surface area contributed by atoms with Gasteiger partial charge in [-0.25, -0.2) is 5.10 Å². The van der Waals surface area contributed by atoms with Gasteiger partial charge in [0.25, 0.3) is 0 Å². The first-order chi connectivity index (χ1) is 13.4. The van der Waals surface area contributed by atoms with E-state index < -0.39 is 0 Å². The summed E-state index contributed by atoms with van der Waals surface area (Å²) >= 11 is 5.40. The van der Waals surface area contributed by atoms with Crippen LogP contribution in [0.25, 0.3) is 11.4 Å². The monoisotopic (exact) mass is 397 g/mol. The summed E-state index contributed by atoms with van der Waals surface area (Å²) in [6.45, 7) is 12.2. The van der Waals surface area contributed by atoms with Crippen molar-refractivity contribution < 1.29 is 4.74 Å². The highest BCUT2D eigenvalue weighted by atomic mass is 32.1. The molecular formula is C21H27N5OS. The summed E-state index contributed by atoms with van der Waals surface area (Å²) < 4.78 is 10.1. The number of nitrogens with one attached hydrogen (secondary N) is 1. The second-order valence-electron chi connectivity index (χ2n) is 7.17. The van der Waals surface area contributed by atoms with Gasteiger partial charge in [-0.05, 0) is 57.1 Å². The fourth-order valence-electron chi connectivity index (χ4n) is 3.23. The van der Waals surface area contributed by atoms with Crippen molar-refractivity contribution in [1.82, 2.24) is 19.4 Å². The molecule has 0 fully saturated rings. The molecule has 0 radical (unpaired) electrons. The second kappa shape index (κ2) is 8.56. The first-order valence-corrected chi connectivity index (χ1v) is 9.93. The van der Waals surface area contributed by atoms with Crippen LogP contribution in [0.4, 0.5) is 0 Å². The van der Waals surface area contributed by atoms with Crippen molar-refractivity contribution in [2.24, 2.45) is 11.0 Å². The molecule has 0 saturated heterocycles. The zero-order valence-corrected chi connectivity index (χ0v) is 17.9. The van der Waals surface area contributed by atoms with Gasteiger partial charge in [0.2, 0.25) is 4.77 Å². The molecule has 0 aliphatic carbocycles. The van der Waals surface area contributed by atoms with Gasteiger partial charge in [-0.3, -0.25) is 0 Å². The van der Waals surface area contributed by atoms with Gasteiger partial charge in [-0.1, -0.05) is 26.0 Å². The predicted octanol–water partition coefficient (Wildman–Crippen LogP) is 4.96. The van der Waals surface area contributed by atoms with Crippen molar-refractivity contribution in [3.05, 3.63) is 52.1 Å². The number of aromatic nitrogens is 4. The first-order valence-electron chi connectivity index (χ1n) is 9.53. The fourth-order valence-corrected chi connectivity index (χ4v) is 3.41. The van der Waals surface area contributed by atoms with Gasteiger partial charge < -0.3 is 9.30 Å². The first kappa shape index (κ1) is 20.1. The molecule has 0 bridgehead atoms. The minimum atomic E-state index is 0.438. The lowest BCUT2D eigenvalue weighted by atomic mass is 10.2. The molecule has 1 N–H and O–H groups in total. The smallest absolute Gasteiger partial charge is 0.216 e. The lowest BCUT2D eigenvalue weighted by molar-refractivity contribution is 0.341. The molecule has 0 spiro atoms. The average molecular weight is 398 g/mol. The third-order valence-corrected chi connectivity index (χ3v) is 4.82. The Balaban J connectivity index is 2.00. The van der Waals surface area contributed by atoms with Crippen LogP contribution < -0.4 is 4.74 Å². The van der Waals surface area contributed by atoms with Crippen LogP contribution in [0, 0.1) is 24.5 Å². The van der Waals surface area contributed by atoms with Crippen molar-refractivity contribution in [3.8, 4) is 17.1 Å². The van der Waals surface area contributed by atoms with Gasteiger partial charge in [-0.2, -0.15) is 14.9 Å². The van der Waals surface area contributed by atoms with Gasteiger partial charge in [-0.15, -0.1) is 0 Å². The summed E-state index contributed by atoms with van der Waals surface area (Å²) in [5.41, 5.74) is 4.34. The molecule has 3 aromatic rings. The Kier molecular flexibility index (Phi) is 6.14. The maximum atomic E-state index is 5.74. The van der Waals surface area contributed by atoms with Crippen molar-refractivity contribution in [2.45, 2.75) is 41.2 Å². The van der Waals surface area contributed by atoms with Crippen LogP contribution in [0.15, 0.2) is 35.4 Å². The van der Waals surface area contributed by atoms with E-state index in [9.17, 15) is 0 Å². The van der Waals surface area contributed by atoms with Crippen LogP contribution in [0.2, 0.25) is 0 Å². The Morgan fingerprint density at radius 2 is 2.04 bits per heavy atom. The third kappa shape index (κ3) is 4.09. The molecule has 1 aromatic carbocycles. The second-order valence-corrected chi connectivity index (χ2v) is 7.56. The van der Waals surface area contributed by atoms with Crippen LogP contribution in [-0.2, 0) is 6.54 Å². The summed E-state index contributed by atoms with van der Waals surface area (Å²) in [5.74, 6) is 1.96. The fraction of sp³-hybridized carbons (Fsp3) is 0.381. The molecule has 0 unspecified atom stereocenters. The molecule has 6 nitrogen and oxygen atoms in total. The maximum Gasteiger partial charge on any atom is 0.216 e. The molecular weight excluding hydrogens is 370 g/mol. The van der Waals surface area contributed by atoms with Gasteiger partial charge in [0.05, 0.1) is 18.4 Å².